The summed E-state index contributed by atoms with van der Waals surface area (Å²) in [6.07, 6.45) is 0. The number of sulfonamides is 1. The summed E-state index contributed by atoms with van der Waals surface area (Å²) in [4.78, 5) is 0.310. The van der Waals surface area contributed by atoms with Crippen molar-refractivity contribution < 1.29 is 13.2 Å². The fourth-order valence-corrected chi connectivity index (χ4v) is 4.19. The molecule has 0 amide bonds. The monoisotopic (exact) mass is 333 g/mol. The number of methoxy groups -OCH3 is 1. The lowest BCUT2D eigenvalue weighted by Gasteiger charge is -2.27. The average molecular weight is 333 g/mol. The van der Waals surface area contributed by atoms with Crippen molar-refractivity contribution in [1.82, 2.24) is 4.72 Å². The molecule has 2 rings (SSSR count). The Morgan fingerprint density at radius 1 is 1.00 bits per heavy atom. The number of ether oxygens (including phenoxy) is 1. The molecule has 23 heavy (non-hydrogen) atoms. The van der Waals surface area contributed by atoms with Crippen LogP contribution in [0.15, 0.2) is 47.4 Å². The summed E-state index contributed by atoms with van der Waals surface area (Å²) >= 11 is 0. The number of rotatable bonds is 5. The Labute approximate surface area is 138 Å². The second kappa shape index (κ2) is 6.34. The van der Waals surface area contributed by atoms with Gasteiger partial charge in [0.15, 0.2) is 0 Å². The van der Waals surface area contributed by atoms with Crippen LogP contribution in [0.4, 0.5) is 0 Å². The first-order valence-corrected chi connectivity index (χ1v) is 8.90. The molecular formula is C18H23NO3S. The minimum absolute atomic E-state index is 0.310. The van der Waals surface area contributed by atoms with E-state index in [9.17, 15) is 8.42 Å². The normalized spacial score (nSPS) is 12.2. The molecule has 0 bridgehead atoms. The van der Waals surface area contributed by atoms with E-state index in [4.69, 9.17) is 4.74 Å². The molecule has 2 aromatic rings. The molecule has 0 aliphatic carbocycles. The summed E-state index contributed by atoms with van der Waals surface area (Å²) in [7, 11) is -2.01. The van der Waals surface area contributed by atoms with Crippen molar-refractivity contribution in [1.29, 1.82) is 0 Å². The molecule has 5 heteroatoms. The Hall–Kier alpha value is -1.85. The molecule has 0 radical (unpaired) electrons. The van der Waals surface area contributed by atoms with Crippen molar-refractivity contribution in [3.8, 4) is 5.75 Å². The standard InChI is InChI=1S/C18H23NO3S/c1-13-6-11-17(14(2)12-13)23(20,21)19-18(3,4)15-7-9-16(22-5)10-8-15/h6-12,19H,1-5H3. The maximum Gasteiger partial charge on any atom is 0.241 e. The number of nitrogens with one attached hydrogen (secondary N) is 1. The first-order valence-electron chi connectivity index (χ1n) is 7.41. The number of benzene rings is 2. The second-order valence-electron chi connectivity index (χ2n) is 6.23. The average Bonchev–Trinajstić information content (AvgIpc) is 2.45. The van der Waals surface area contributed by atoms with Gasteiger partial charge in [-0.25, -0.2) is 13.1 Å². The Balaban J connectivity index is 2.33. The highest BCUT2D eigenvalue weighted by Crippen LogP contribution is 2.26. The molecule has 0 aliphatic heterocycles. The van der Waals surface area contributed by atoms with Crippen molar-refractivity contribution in [2.24, 2.45) is 0 Å². The molecule has 0 atom stereocenters. The third-order valence-corrected chi connectivity index (χ3v) is 5.64. The highest BCUT2D eigenvalue weighted by atomic mass is 32.2. The van der Waals surface area contributed by atoms with E-state index in [-0.39, 0.29) is 0 Å². The molecular weight excluding hydrogens is 310 g/mol. The molecule has 0 fully saturated rings. The van der Waals surface area contributed by atoms with Gasteiger partial charge in [0.2, 0.25) is 10.0 Å². The third-order valence-electron chi connectivity index (χ3n) is 3.82. The van der Waals surface area contributed by atoms with E-state index in [0.29, 0.717) is 4.90 Å². The zero-order valence-corrected chi connectivity index (χ0v) is 15.0. The van der Waals surface area contributed by atoms with E-state index in [1.54, 1.807) is 13.2 Å². The highest BCUT2D eigenvalue weighted by molar-refractivity contribution is 7.89. The number of hydrogen-bond acceptors (Lipinski definition) is 3. The van der Waals surface area contributed by atoms with Gasteiger partial charge in [-0.15, -0.1) is 0 Å². The quantitative estimate of drug-likeness (QED) is 0.911. The molecule has 0 aromatic heterocycles. The van der Waals surface area contributed by atoms with Crippen LogP contribution in [0.25, 0.3) is 0 Å². The van der Waals surface area contributed by atoms with Crippen molar-refractivity contribution in [2.45, 2.75) is 38.1 Å². The van der Waals surface area contributed by atoms with Crippen LogP contribution in [0.3, 0.4) is 0 Å². The highest BCUT2D eigenvalue weighted by Gasteiger charge is 2.28. The zero-order chi connectivity index (χ0) is 17.3. The van der Waals surface area contributed by atoms with E-state index in [1.807, 2.05) is 64.1 Å². The van der Waals surface area contributed by atoms with Gasteiger partial charge in [0.05, 0.1) is 17.5 Å². The first kappa shape index (κ1) is 17.5. The minimum Gasteiger partial charge on any atom is -0.497 e. The summed E-state index contributed by atoms with van der Waals surface area (Å²) in [6.45, 7) is 7.44. The fraction of sp³-hybridized carbons (Fsp3) is 0.333. The molecule has 2 aromatic carbocycles. The Bertz CT molecular complexity index is 794. The first-order chi connectivity index (χ1) is 10.7. The van der Waals surface area contributed by atoms with Gasteiger partial charge < -0.3 is 4.74 Å². The molecule has 124 valence electrons. The summed E-state index contributed by atoms with van der Waals surface area (Å²) < 4.78 is 33.4. The van der Waals surface area contributed by atoms with Crippen molar-refractivity contribution in [3.05, 3.63) is 59.2 Å². The molecule has 0 spiro atoms. The maximum absolute atomic E-state index is 12.7. The van der Waals surface area contributed by atoms with Crippen molar-refractivity contribution >= 4 is 10.0 Å². The Morgan fingerprint density at radius 3 is 2.13 bits per heavy atom. The van der Waals surface area contributed by atoms with Crippen LogP contribution < -0.4 is 9.46 Å². The number of aryl methyl sites for hydroxylation is 2. The van der Waals surface area contributed by atoms with Crippen LogP contribution in [0.1, 0.15) is 30.5 Å². The van der Waals surface area contributed by atoms with E-state index in [1.165, 1.54) is 0 Å². The summed E-state index contributed by atoms with van der Waals surface area (Å²) in [5.74, 6) is 0.738. The van der Waals surface area contributed by atoms with E-state index >= 15 is 0 Å². The van der Waals surface area contributed by atoms with Gasteiger partial charge >= 0.3 is 0 Å². The van der Waals surface area contributed by atoms with Gasteiger partial charge in [-0.2, -0.15) is 0 Å². The van der Waals surface area contributed by atoms with Gasteiger partial charge in [0.1, 0.15) is 5.75 Å². The topological polar surface area (TPSA) is 55.4 Å². The minimum atomic E-state index is -3.61. The van der Waals surface area contributed by atoms with Crippen LogP contribution in [0.2, 0.25) is 0 Å². The van der Waals surface area contributed by atoms with E-state index in [0.717, 1.165) is 22.4 Å². The lowest BCUT2D eigenvalue weighted by Crippen LogP contribution is -2.41. The van der Waals surface area contributed by atoms with Gasteiger partial charge in [0, 0.05) is 0 Å². The maximum atomic E-state index is 12.7. The Morgan fingerprint density at radius 2 is 1.61 bits per heavy atom. The molecule has 0 saturated heterocycles. The fourth-order valence-electron chi connectivity index (χ4n) is 2.56. The van der Waals surface area contributed by atoms with Crippen LogP contribution in [-0.2, 0) is 15.6 Å². The van der Waals surface area contributed by atoms with Crippen LogP contribution in [-0.4, -0.2) is 15.5 Å². The van der Waals surface area contributed by atoms with E-state index < -0.39 is 15.6 Å². The molecule has 4 nitrogen and oxygen atoms in total. The third kappa shape index (κ3) is 3.92. The van der Waals surface area contributed by atoms with Gasteiger partial charge in [-0.05, 0) is 57.0 Å². The summed E-state index contributed by atoms with van der Waals surface area (Å²) in [6, 6.07) is 12.7. The lowest BCUT2D eigenvalue weighted by atomic mass is 9.96. The molecule has 1 N–H and O–H groups in total. The molecule has 0 unspecified atom stereocenters. The predicted molar refractivity (Wildman–Crippen MR) is 92.3 cm³/mol. The van der Waals surface area contributed by atoms with Crippen LogP contribution in [0, 0.1) is 13.8 Å². The van der Waals surface area contributed by atoms with Crippen LogP contribution >= 0.6 is 0 Å². The van der Waals surface area contributed by atoms with Crippen molar-refractivity contribution in [2.75, 3.05) is 7.11 Å². The smallest absolute Gasteiger partial charge is 0.241 e. The number of hydrogen-bond donors (Lipinski definition) is 1. The summed E-state index contributed by atoms with van der Waals surface area (Å²) in [5.41, 5.74) is 1.91. The SMILES string of the molecule is COc1ccc(C(C)(C)NS(=O)(=O)c2ccc(C)cc2C)cc1. The lowest BCUT2D eigenvalue weighted by molar-refractivity contribution is 0.413. The van der Waals surface area contributed by atoms with Crippen molar-refractivity contribution in [3.63, 3.8) is 0 Å². The van der Waals surface area contributed by atoms with Gasteiger partial charge in [-0.1, -0.05) is 29.8 Å². The van der Waals surface area contributed by atoms with Gasteiger partial charge in [0.25, 0.3) is 0 Å². The van der Waals surface area contributed by atoms with Gasteiger partial charge in [-0.3, -0.25) is 0 Å². The van der Waals surface area contributed by atoms with Crippen LogP contribution in [0.5, 0.6) is 5.75 Å². The summed E-state index contributed by atoms with van der Waals surface area (Å²) in [5, 5.41) is 0. The largest absolute Gasteiger partial charge is 0.497 e. The van der Waals surface area contributed by atoms with E-state index in [2.05, 4.69) is 4.72 Å². The molecule has 0 heterocycles. The molecule has 0 saturated carbocycles. The zero-order valence-electron chi connectivity index (χ0n) is 14.2. The molecule has 0 aliphatic rings. The predicted octanol–water partition coefficient (Wildman–Crippen LogP) is 3.53. The Kier molecular flexibility index (Phi) is 4.82. The second-order valence-corrected chi connectivity index (χ2v) is 7.88.